The normalized spacial score (nSPS) is 20.9. The minimum Gasteiger partial charge on any atom is -0.413 e. The molecule has 1 fully saturated rings. The van der Waals surface area contributed by atoms with E-state index < -0.39 is 31.7 Å². The van der Waals surface area contributed by atoms with Gasteiger partial charge < -0.3 is 25.3 Å². The van der Waals surface area contributed by atoms with Crippen molar-refractivity contribution < 1.29 is 19.1 Å². The summed E-state index contributed by atoms with van der Waals surface area (Å²) < 4.78 is 14.5. The molecule has 1 aliphatic heterocycles. The van der Waals surface area contributed by atoms with Gasteiger partial charge in [0.1, 0.15) is 5.60 Å². The first-order valence-electron chi connectivity index (χ1n) is 12.6. The fraction of sp³-hybridized carbons (Fsp3) is 0.577. The fourth-order valence-corrected chi connectivity index (χ4v) is 11.1. The maximum absolute atomic E-state index is 13.0. The summed E-state index contributed by atoms with van der Waals surface area (Å²) in [4.78, 5) is 29.0. The van der Waals surface area contributed by atoms with E-state index in [9.17, 15) is 14.7 Å². The lowest BCUT2D eigenvalue weighted by molar-refractivity contribution is -0.182. The molecule has 0 aliphatic carbocycles. The molecule has 1 aromatic carbocycles. The lowest BCUT2D eigenvalue weighted by atomic mass is 10.0. The molecule has 10 heteroatoms. The molecule has 0 unspecified atom stereocenters. The molecule has 1 amide bonds. The SMILES string of the molecule is CC(C)[Si](OC[C@@]1(CO)CNC[C@H](n2ccc(-c3ccccc3C(N)=O)nc2=O)O1)(C(C)C)C(C)C. The van der Waals surface area contributed by atoms with E-state index in [1.54, 1.807) is 36.5 Å². The number of aliphatic hydroxyl groups is 1. The number of hydrogen-bond acceptors (Lipinski definition) is 7. The van der Waals surface area contributed by atoms with Crippen LogP contribution in [-0.4, -0.2) is 60.8 Å². The zero-order valence-electron chi connectivity index (χ0n) is 22.2. The first-order valence-corrected chi connectivity index (χ1v) is 14.7. The van der Waals surface area contributed by atoms with E-state index in [-0.39, 0.29) is 13.2 Å². The van der Waals surface area contributed by atoms with Crippen LogP contribution in [0.4, 0.5) is 0 Å². The van der Waals surface area contributed by atoms with Crippen molar-refractivity contribution in [3.05, 3.63) is 52.6 Å². The van der Waals surface area contributed by atoms with Gasteiger partial charge >= 0.3 is 5.69 Å². The summed E-state index contributed by atoms with van der Waals surface area (Å²) >= 11 is 0. The lowest BCUT2D eigenvalue weighted by Crippen LogP contribution is -2.60. The number of nitrogens with one attached hydrogen (secondary N) is 1. The van der Waals surface area contributed by atoms with E-state index in [1.165, 1.54) is 4.57 Å². The van der Waals surface area contributed by atoms with Crippen molar-refractivity contribution in [2.24, 2.45) is 5.73 Å². The highest BCUT2D eigenvalue weighted by atomic mass is 28.4. The van der Waals surface area contributed by atoms with E-state index in [0.717, 1.165) is 0 Å². The molecule has 198 valence electrons. The largest absolute Gasteiger partial charge is 0.413 e. The lowest BCUT2D eigenvalue weighted by Gasteiger charge is -2.47. The van der Waals surface area contributed by atoms with Crippen LogP contribution in [0.1, 0.15) is 58.1 Å². The molecule has 4 N–H and O–H groups in total. The van der Waals surface area contributed by atoms with Crippen LogP contribution in [0, 0.1) is 0 Å². The number of amides is 1. The number of morpholine rings is 1. The quantitative estimate of drug-likeness (QED) is 0.414. The minimum absolute atomic E-state index is 0.236. The standard InChI is InChI=1S/C26H40N4O5Si/c1-17(2)36(18(3)4,19(5)6)34-16-26(15-31)14-28-13-23(35-26)30-12-11-22(29-25(30)33)20-9-7-8-10-21(20)24(27)32/h7-12,17-19,23,28,31H,13-16H2,1-6H3,(H2,27,32)/t23-,26+/m1/s1. The molecular formula is C26H40N4O5Si. The Bertz CT molecular complexity index is 1100. The number of hydrogen-bond donors (Lipinski definition) is 3. The van der Waals surface area contributed by atoms with Crippen LogP contribution in [0.5, 0.6) is 0 Å². The summed E-state index contributed by atoms with van der Waals surface area (Å²) in [6.45, 7) is 14.0. The molecule has 2 heterocycles. The maximum atomic E-state index is 13.0. The van der Waals surface area contributed by atoms with Crippen molar-refractivity contribution in [1.29, 1.82) is 0 Å². The van der Waals surface area contributed by atoms with Gasteiger partial charge in [0.2, 0.25) is 5.91 Å². The number of rotatable bonds is 10. The van der Waals surface area contributed by atoms with Gasteiger partial charge in [-0.1, -0.05) is 59.7 Å². The van der Waals surface area contributed by atoms with Gasteiger partial charge in [0.05, 0.1) is 18.9 Å². The number of nitrogens with two attached hydrogens (primary N) is 1. The van der Waals surface area contributed by atoms with Crippen molar-refractivity contribution in [2.75, 3.05) is 26.3 Å². The fourth-order valence-electron chi connectivity index (χ4n) is 5.63. The van der Waals surface area contributed by atoms with E-state index in [2.05, 4.69) is 51.8 Å². The molecule has 9 nitrogen and oxygen atoms in total. The monoisotopic (exact) mass is 516 g/mol. The van der Waals surface area contributed by atoms with Crippen LogP contribution in [-0.2, 0) is 9.16 Å². The Morgan fingerprint density at radius 3 is 2.42 bits per heavy atom. The van der Waals surface area contributed by atoms with E-state index in [0.29, 0.717) is 46.5 Å². The van der Waals surface area contributed by atoms with Gasteiger partial charge in [-0.15, -0.1) is 0 Å². The zero-order valence-corrected chi connectivity index (χ0v) is 23.2. The first kappa shape index (κ1) is 28.2. The average Bonchev–Trinajstić information content (AvgIpc) is 2.83. The Morgan fingerprint density at radius 1 is 1.22 bits per heavy atom. The van der Waals surface area contributed by atoms with E-state index in [1.807, 2.05) is 0 Å². The molecule has 1 aliphatic rings. The van der Waals surface area contributed by atoms with Crippen LogP contribution in [0.3, 0.4) is 0 Å². The van der Waals surface area contributed by atoms with Crippen LogP contribution >= 0.6 is 0 Å². The highest BCUT2D eigenvalue weighted by molar-refractivity contribution is 6.77. The highest BCUT2D eigenvalue weighted by Crippen LogP contribution is 2.43. The van der Waals surface area contributed by atoms with Crippen molar-refractivity contribution in [1.82, 2.24) is 14.9 Å². The van der Waals surface area contributed by atoms with Crippen LogP contribution in [0.15, 0.2) is 41.3 Å². The Balaban J connectivity index is 1.87. The number of nitrogens with zero attached hydrogens (tertiary/aromatic N) is 2. The minimum atomic E-state index is -2.18. The topological polar surface area (TPSA) is 129 Å². The molecule has 1 aromatic heterocycles. The summed E-state index contributed by atoms with van der Waals surface area (Å²) in [5, 5.41) is 13.7. The first-order chi connectivity index (χ1) is 17.0. The third-order valence-corrected chi connectivity index (χ3v) is 13.4. The Hall–Kier alpha value is -2.37. The van der Waals surface area contributed by atoms with Crippen molar-refractivity contribution in [2.45, 2.75) is 70.0 Å². The molecule has 0 radical (unpaired) electrons. The molecule has 0 spiro atoms. The Labute approximate surface area is 214 Å². The maximum Gasteiger partial charge on any atom is 0.350 e. The third-order valence-electron chi connectivity index (χ3n) is 7.34. The molecule has 1 saturated heterocycles. The van der Waals surface area contributed by atoms with Gasteiger partial charge in [-0.25, -0.2) is 4.79 Å². The van der Waals surface area contributed by atoms with Gasteiger partial charge in [-0.05, 0) is 28.8 Å². The van der Waals surface area contributed by atoms with Gasteiger partial charge in [0, 0.05) is 30.4 Å². The second-order valence-corrected chi connectivity index (χ2v) is 16.0. The highest BCUT2D eigenvalue weighted by Gasteiger charge is 2.48. The van der Waals surface area contributed by atoms with Crippen molar-refractivity contribution in [3.8, 4) is 11.3 Å². The second kappa shape index (κ2) is 11.3. The van der Waals surface area contributed by atoms with Crippen molar-refractivity contribution in [3.63, 3.8) is 0 Å². The van der Waals surface area contributed by atoms with Gasteiger partial charge in [-0.2, -0.15) is 4.98 Å². The third kappa shape index (κ3) is 5.47. The van der Waals surface area contributed by atoms with E-state index in [4.69, 9.17) is 14.9 Å². The number of aliphatic hydroxyl groups excluding tert-OH is 1. The zero-order chi connectivity index (χ0) is 26.7. The Morgan fingerprint density at radius 2 is 1.86 bits per heavy atom. The molecule has 3 rings (SSSR count). The molecule has 36 heavy (non-hydrogen) atoms. The summed E-state index contributed by atoms with van der Waals surface area (Å²) in [7, 11) is -2.18. The average molecular weight is 517 g/mol. The Kier molecular flexibility index (Phi) is 8.89. The van der Waals surface area contributed by atoms with Crippen LogP contribution in [0.25, 0.3) is 11.3 Å². The number of carbonyl (C=O) groups excluding carboxylic acids is 1. The summed E-state index contributed by atoms with van der Waals surface area (Å²) in [6, 6.07) is 8.43. The van der Waals surface area contributed by atoms with Gasteiger partial charge in [0.25, 0.3) is 0 Å². The number of benzene rings is 1. The summed E-state index contributed by atoms with van der Waals surface area (Å²) in [5.74, 6) is -0.590. The smallest absolute Gasteiger partial charge is 0.350 e. The van der Waals surface area contributed by atoms with Gasteiger partial charge in [0.15, 0.2) is 14.5 Å². The predicted octanol–water partition coefficient (Wildman–Crippen LogP) is 3.05. The number of aromatic nitrogens is 2. The summed E-state index contributed by atoms with van der Waals surface area (Å²) in [6.07, 6.45) is 0.918. The number of primary amides is 1. The number of ether oxygens (including phenoxy) is 1. The summed E-state index contributed by atoms with van der Waals surface area (Å²) in [5.41, 5.74) is 6.29. The second-order valence-electron chi connectivity index (χ2n) is 10.6. The van der Waals surface area contributed by atoms with Crippen LogP contribution in [0.2, 0.25) is 16.6 Å². The molecular weight excluding hydrogens is 476 g/mol. The molecule has 2 atom stereocenters. The molecule has 2 aromatic rings. The molecule has 0 saturated carbocycles. The number of carbonyl (C=O) groups is 1. The molecule has 0 bridgehead atoms. The van der Waals surface area contributed by atoms with Crippen molar-refractivity contribution >= 4 is 14.2 Å². The van der Waals surface area contributed by atoms with E-state index >= 15 is 0 Å². The van der Waals surface area contributed by atoms with Gasteiger partial charge in [-0.3, -0.25) is 9.36 Å². The predicted molar refractivity (Wildman–Crippen MR) is 142 cm³/mol. The van der Waals surface area contributed by atoms with Crippen LogP contribution < -0.4 is 16.7 Å².